The fourth-order valence-corrected chi connectivity index (χ4v) is 5.68. The minimum absolute atomic E-state index is 0.0241. The van der Waals surface area contributed by atoms with Crippen molar-refractivity contribution in [3.8, 4) is 5.75 Å². The predicted molar refractivity (Wildman–Crippen MR) is 93.9 cm³/mol. The average molecular weight is 360 g/mol. The molecule has 25 heavy (non-hydrogen) atoms. The Balaban J connectivity index is 1.36. The van der Waals surface area contributed by atoms with Gasteiger partial charge in [-0.1, -0.05) is 24.4 Å². The molecule has 1 aromatic carbocycles. The topological polar surface area (TPSA) is 55.4 Å². The first kappa shape index (κ1) is 15.7. The van der Waals surface area contributed by atoms with E-state index in [0.29, 0.717) is 34.7 Å². The van der Waals surface area contributed by atoms with E-state index in [1.54, 1.807) is 18.2 Å². The van der Waals surface area contributed by atoms with Crippen molar-refractivity contribution in [1.29, 1.82) is 0 Å². The van der Waals surface area contributed by atoms with Gasteiger partial charge in [0.1, 0.15) is 11.4 Å². The van der Waals surface area contributed by atoms with Gasteiger partial charge in [0.2, 0.25) is 5.91 Å². The zero-order valence-electron chi connectivity index (χ0n) is 14.1. The molecule has 1 amide bonds. The number of hydrogen-bond acceptors (Lipinski definition) is 3. The molecule has 3 fully saturated rings. The number of ether oxygens (including phenoxy) is 1. The number of carbonyl (C=O) groups is 2. The van der Waals surface area contributed by atoms with Crippen LogP contribution < -0.4 is 10.1 Å². The molecule has 3 saturated carbocycles. The normalized spacial score (nSPS) is 36.0. The number of nitrogens with one attached hydrogen (secondary N) is 1. The van der Waals surface area contributed by atoms with E-state index in [9.17, 15) is 9.59 Å². The number of rotatable bonds is 2. The molecule has 1 heterocycles. The molecular weight excluding hydrogens is 338 g/mol. The Hall–Kier alpha value is -1.55. The van der Waals surface area contributed by atoms with Gasteiger partial charge >= 0.3 is 0 Å². The molecule has 0 bridgehead atoms. The third kappa shape index (κ3) is 2.41. The smallest absolute Gasteiger partial charge is 0.224 e. The van der Waals surface area contributed by atoms with Crippen molar-refractivity contribution in [2.45, 2.75) is 56.6 Å². The van der Waals surface area contributed by atoms with Gasteiger partial charge < -0.3 is 10.1 Å². The van der Waals surface area contributed by atoms with Crippen molar-refractivity contribution in [3.05, 3.63) is 28.8 Å². The van der Waals surface area contributed by atoms with Crippen LogP contribution in [0.25, 0.3) is 0 Å². The Bertz CT molecular complexity index is 757. The van der Waals surface area contributed by atoms with Gasteiger partial charge in [-0.15, -0.1) is 0 Å². The lowest BCUT2D eigenvalue weighted by atomic mass is 9.84. The summed E-state index contributed by atoms with van der Waals surface area (Å²) in [5, 5.41) is 3.78. The van der Waals surface area contributed by atoms with E-state index in [1.807, 2.05) is 0 Å². The second kappa shape index (κ2) is 5.47. The molecule has 1 aromatic rings. The fourth-order valence-electron chi connectivity index (χ4n) is 5.51. The monoisotopic (exact) mass is 359 g/mol. The SMILES string of the molecule is O=C1C[C@]2(CC[C@@H]3[C@H](C(=O)NC4CCCC4)[C@H]32)Oc2ccc(Cl)cc21. The number of ketones is 1. The molecule has 0 radical (unpaired) electrons. The van der Waals surface area contributed by atoms with E-state index in [2.05, 4.69) is 5.32 Å². The molecule has 1 aliphatic heterocycles. The van der Waals surface area contributed by atoms with Crippen LogP contribution in [0.3, 0.4) is 0 Å². The Labute approximate surface area is 152 Å². The van der Waals surface area contributed by atoms with Gasteiger partial charge in [-0.05, 0) is 49.8 Å². The van der Waals surface area contributed by atoms with Gasteiger partial charge in [0.05, 0.1) is 12.0 Å². The van der Waals surface area contributed by atoms with Gasteiger partial charge in [-0.25, -0.2) is 0 Å². The summed E-state index contributed by atoms with van der Waals surface area (Å²) in [5.74, 6) is 1.48. The average Bonchev–Trinajstić information content (AvgIpc) is 2.91. The quantitative estimate of drug-likeness (QED) is 0.874. The Morgan fingerprint density at radius 3 is 2.84 bits per heavy atom. The summed E-state index contributed by atoms with van der Waals surface area (Å²) in [6, 6.07) is 5.59. The van der Waals surface area contributed by atoms with Crippen molar-refractivity contribution in [2.75, 3.05) is 0 Å². The van der Waals surface area contributed by atoms with E-state index in [4.69, 9.17) is 16.3 Å². The zero-order valence-corrected chi connectivity index (χ0v) is 14.8. The highest BCUT2D eigenvalue weighted by atomic mass is 35.5. The summed E-state index contributed by atoms with van der Waals surface area (Å²) in [6.07, 6.45) is 6.83. The van der Waals surface area contributed by atoms with Crippen LogP contribution in [0.1, 0.15) is 55.3 Å². The second-order valence-corrected chi connectivity index (χ2v) is 8.59. The minimum atomic E-state index is -0.486. The van der Waals surface area contributed by atoms with Crippen molar-refractivity contribution in [3.63, 3.8) is 0 Å². The van der Waals surface area contributed by atoms with Crippen LogP contribution in [-0.4, -0.2) is 23.3 Å². The van der Waals surface area contributed by atoms with Crippen LogP contribution in [0.15, 0.2) is 18.2 Å². The van der Waals surface area contributed by atoms with E-state index in [0.717, 1.165) is 25.7 Å². The van der Waals surface area contributed by atoms with E-state index < -0.39 is 5.60 Å². The first-order chi connectivity index (χ1) is 12.1. The maximum atomic E-state index is 12.7. The molecule has 4 aliphatic rings. The number of amides is 1. The Kier molecular flexibility index (Phi) is 3.43. The van der Waals surface area contributed by atoms with Crippen LogP contribution in [0.5, 0.6) is 5.75 Å². The van der Waals surface area contributed by atoms with Crippen LogP contribution in [-0.2, 0) is 4.79 Å². The molecule has 5 rings (SSSR count). The van der Waals surface area contributed by atoms with E-state index in [1.165, 1.54) is 12.8 Å². The molecule has 0 unspecified atom stereocenters. The highest BCUT2D eigenvalue weighted by molar-refractivity contribution is 6.31. The number of fused-ring (bicyclic) bond motifs is 3. The molecule has 1 N–H and O–H groups in total. The molecule has 132 valence electrons. The van der Waals surface area contributed by atoms with E-state index >= 15 is 0 Å². The van der Waals surface area contributed by atoms with Gasteiger partial charge in [-0.3, -0.25) is 9.59 Å². The number of Topliss-reactive ketones (excluding diaryl/α,β-unsaturated/α-hetero) is 1. The van der Waals surface area contributed by atoms with Crippen LogP contribution in [0, 0.1) is 17.8 Å². The van der Waals surface area contributed by atoms with Crippen molar-refractivity contribution in [1.82, 2.24) is 5.32 Å². The van der Waals surface area contributed by atoms with Crippen molar-refractivity contribution >= 4 is 23.3 Å². The maximum Gasteiger partial charge on any atom is 0.224 e. The lowest BCUT2D eigenvalue weighted by Crippen LogP contribution is -2.45. The fraction of sp³-hybridized carbons (Fsp3) is 0.600. The molecular formula is C20H22ClNO3. The number of hydrogen-bond donors (Lipinski definition) is 1. The summed E-state index contributed by atoms with van der Waals surface area (Å²) >= 11 is 6.02. The summed E-state index contributed by atoms with van der Waals surface area (Å²) in [4.78, 5) is 25.4. The number of carbonyl (C=O) groups excluding carboxylic acids is 2. The van der Waals surface area contributed by atoms with Gasteiger partial charge in [0.15, 0.2) is 5.78 Å². The molecule has 1 spiro atoms. The Morgan fingerprint density at radius 2 is 2.04 bits per heavy atom. The third-order valence-corrected chi connectivity index (χ3v) is 6.93. The molecule has 3 aliphatic carbocycles. The highest BCUT2D eigenvalue weighted by Gasteiger charge is 2.70. The first-order valence-corrected chi connectivity index (χ1v) is 9.77. The second-order valence-electron chi connectivity index (χ2n) is 8.15. The van der Waals surface area contributed by atoms with Crippen LogP contribution >= 0.6 is 11.6 Å². The summed E-state index contributed by atoms with van der Waals surface area (Å²) < 4.78 is 6.35. The van der Waals surface area contributed by atoms with Crippen LogP contribution in [0.2, 0.25) is 5.02 Å². The van der Waals surface area contributed by atoms with Gasteiger partial charge in [0.25, 0.3) is 0 Å². The molecule has 4 nitrogen and oxygen atoms in total. The number of benzene rings is 1. The van der Waals surface area contributed by atoms with E-state index in [-0.39, 0.29) is 23.5 Å². The Morgan fingerprint density at radius 1 is 1.24 bits per heavy atom. The highest BCUT2D eigenvalue weighted by Crippen LogP contribution is 2.65. The van der Waals surface area contributed by atoms with Crippen molar-refractivity contribution < 1.29 is 14.3 Å². The largest absolute Gasteiger partial charge is 0.486 e. The third-order valence-electron chi connectivity index (χ3n) is 6.70. The zero-order chi connectivity index (χ0) is 17.2. The number of halogens is 1. The standard InChI is InChI=1S/C20H22ClNO3/c21-11-5-6-16-14(9-11)15(23)10-20(25-16)8-7-13-17(18(13)20)19(24)22-12-3-1-2-4-12/h5-6,9,12-13,17-18H,1-4,7-8,10H2,(H,22,24)/t13-,17+,18+,20+/m1/s1. The maximum absolute atomic E-state index is 12.7. The molecule has 0 saturated heterocycles. The molecule has 4 atom stereocenters. The van der Waals surface area contributed by atoms with Crippen LogP contribution in [0.4, 0.5) is 0 Å². The lowest BCUT2D eigenvalue weighted by molar-refractivity contribution is -0.124. The first-order valence-electron chi connectivity index (χ1n) is 9.39. The molecule has 5 heteroatoms. The van der Waals surface area contributed by atoms with Crippen molar-refractivity contribution in [2.24, 2.45) is 17.8 Å². The summed E-state index contributed by atoms with van der Waals surface area (Å²) in [5.41, 5.74) is 0.0921. The summed E-state index contributed by atoms with van der Waals surface area (Å²) in [6.45, 7) is 0. The summed E-state index contributed by atoms with van der Waals surface area (Å²) in [7, 11) is 0. The lowest BCUT2D eigenvalue weighted by Gasteiger charge is -2.37. The van der Waals surface area contributed by atoms with Gasteiger partial charge in [-0.2, -0.15) is 0 Å². The predicted octanol–water partition coefficient (Wildman–Crippen LogP) is 3.76. The van der Waals surface area contributed by atoms with Gasteiger partial charge in [0, 0.05) is 22.9 Å². The minimum Gasteiger partial charge on any atom is -0.486 e. The molecule has 0 aromatic heterocycles.